The first kappa shape index (κ1) is 17.1. The van der Waals surface area contributed by atoms with E-state index in [-0.39, 0.29) is 17.4 Å². The van der Waals surface area contributed by atoms with Gasteiger partial charge in [-0.3, -0.25) is 4.79 Å². The maximum Gasteiger partial charge on any atom is 0.236 e. The summed E-state index contributed by atoms with van der Waals surface area (Å²) in [6.07, 6.45) is 0. The van der Waals surface area contributed by atoms with Crippen molar-refractivity contribution >= 4 is 17.2 Å². The highest BCUT2D eigenvalue weighted by molar-refractivity contribution is 7.12. The predicted molar refractivity (Wildman–Crippen MR) is 84.2 cm³/mol. The average molecular weight is 298 g/mol. The lowest BCUT2D eigenvalue weighted by Crippen LogP contribution is -2.42. The van der Waals surface area contributed by atoms with E-state index in [1.165, 1.54) is 9.75 Å². The molecule has 1 aromatic rings. The number of hydrogen-bond acceptors (Lipinski definition) is 4. The molecule has 2 N–H and O–H groups in total. The molecule has 1 rings (SSSR count). The van der Waals surface area contributed by atoms with Gasteiger partial charge in [0.1, 0.15) is 0 Å². The molecule has 0 saturated carbocycles. The molecule has 0 aromatic carbocycles. The molecule has 0 saturated heterocycles. The molecule has 1 heterocycles. The molecule has 4 nitrogen and oxygen atoms in total. The van der Waals surface area contributed by atoms with E-state index >= 15 is 0 Å². The van der Waals surface area contributed by atoms with Crippen LogP contribution in [0.2, 0.25) is 0 Å². The van der Waals surface area contributed by atoms with Crippen molar-refractivity contribution in [1.82, 2.24) is 10.6 Å². The molecule has 1 atom stereocenters. The van der Waals surface area contributed by atoms with Gasteiger partial charge in [0, 0.05) is 30.0 Å². The van der Waals surface area contributed by atoms with Crippen LogP contribution in [-0.4, -0.2) is 32.2 Å². The fraction of sp³-hybridized carbons (Fsp3) is 0.667. The van der Waals surface area contributed by atoms with Crippen molar-refractivity contribution in [2.75, 3.05) is 20.3 Å². The molecule has 20 heavy (non-hydrogen) atoms. The van der Waals surface area contributed by atoms with Gasteiger partial charge in [0.25, 0.3) is 0 Å². The summed E-state index contributed by atoms with van der Waals surface area (Å²) in [5, 5.41) is 6.07. The lowest BCUT2D eigenvalue weighted by Gasteiger charge is -2.15. The number of carbonyl (C=O) groups is 1. The molecule has 114 valence electrons. The Hall–Kier alpha value is -0.910. The van der Waals surface area contributed by atoms with Gasteiger partial charge >= 0.3 is 0 Å². The number of rotatable bonds is 7. The van der Waals surface area contributed by atoms with Crippen molar-refractivity contribution in [3.8, 4) is 0 Å². The monoisotopic (exact) mass is 298 g/mol. The van der Waals surface area contributed by atoms with E-state index in [9.17, 15) is 4.79 Å². The van der Waals surface area contributed by atoms with Crippen molar-refractivity contribution < 1.29 is 9.53 Å². The second kappa shape index (κ2) is 7.76. The van der Waals surface area contributed by atoms with Gasteiger partial charge in [0.15, 0.2) is 0 Å². The van der Waals surface area contributed by atoms with Gasteiger partial charge < -0.3 is 15.4 Å². The second-order valence-electron chi connectivity index (χ2n) is 5.90. The van der Waals surface area contributed by atoms with E-state index in [1.807, 2.05) is 6.92 Å². The Morgan fingerprint density at radius 1 is 1.40 bits per heavy atom. The number of hydrogen-bond donors (Lipinski definition) is 2. The number of carbonyl (C=O) groups excluding carboxylic acids is 1. The van der Waals surface area contributed by atoms with Crippen LogP contribution < -0.4 is 10.6 Å². The normalized spacial score (nSPS) is 13.2. The SMILES string of the molecule is COCCNC(=O)C(C)NCc1ccc(C(C)(C)C)s1. The van der Waals surface area contributed by atoms with Crippen molar-refractivity contribution in [2.24, 2.45) is 0 Å². The van der Waals surface area contributed by atoms with Gasteiger partial charge in [-0.2, -0.15) is 0 Å². The Morgan fingerprint density at radius 3 is 2.65 bits per heavy atom. The second-order valence-corrected chi connectivity index (χ2v) is 7.07. The highest BCUT2D eigenvalue weighted by Gasteiger charge is 2.17. The first-order valence-electron chi connectivity index (χ1n) is 6.94. The van der Waals surface area contributed by atoms with E-state index in [2.05, 4.69) is 43.5 Å². The quantitative estimate of drug-likeness (QED) is 0.759. The third-order valence-corrected chi connectivity index (χ3v) is 4.49. The molecular formula is C15H26N2O2S. The summed E-state index contributed by atoms with van der Waals surface area (Å²) in [4.78, 5) is 14.4. The van der Waals surface area contributed by atoms with Crippen LogP contribution in [-0.2, 0) is 21.5 Å². The molecule has 0 spiro atoms. The number of ether oxygens (including phenoxy) is 1. The molecule has 1 amide bonds. The summed E-state index contributed by atoms with van der Waals surface area (Å²) in [6.45, 7) is 10.3. The van der Waals surface area contributed by atoms with Crippen molar-refractivity contribution in [3.05, 3.63) is 21.9 Å². The fourth-order valence-electron chi connectivity index (χ4n) is 1.65. The number of thiophene rings is 1. The average Bonchev–Trinajstić information content (AvgIpc) is 2.84. The van der Waals surface area contributed by atoms with Crippen LogP contribution in [0.4, 0.5) is 0 Å². The van der Waals surface area contributed by atoms with E-state index < -0.39 is 0 Å². The van der Waals surface area contributed by atoms with Gasteiger partial charge in [0.05, 0.1) is 12.6 Å². The minimum absolute atomic E-state index is 0.00894. The molecule has 1 aromatic heterocycles. The van der Waals surface area contributed by atoms with E-state index in [0.29, 0.717) is 13.2 Å². The molecule has 0 aliphatic rings. The van der Waals surface area contributed by atoms with Gasteiger partial charge in [0.2, 0.25) is 5.91 Å². The largest absolute Gasteiger partial charge is 0.383 e. The van der Waals surface area contributed by atoms with Crippen LogP contribution in [0, 0.1) is 0 Å². The summed E-state index contributed by atoms with van der Waals surface area (Å²) >= 11 is 1.80. The van der Waals surface area contributed by atoms with Crippen LogP contribution in [0.25, 0.3) is 0 Å². The van der Waals surface area contributed by atoms with Crippen LogP contribution in [0.1, 0.15) is 37.4 Å². The maximum absolute atomic E-state index is 11.8. The van der Waals surface area contributed by atoms with Crippen LogP contribution in [0.3, 0.4) is 0 Å². The fourth-order valence-corrected chi connectivity index (χ4v) is 2.67. The number of nitrogens with one attached hydrogen (secondary N) is 2. The summed E-state index contributed by atoms with van der Waals surface area (Å²) in [5.41, 5.74) is 0.187. The van der Waals surface area contributed by atoms with E-state index in [0.717, 1.165) is 6.54 Å². The van der Waals surface area contributed by atoms with Crippen LogP contribution in [0.5, 0.6) is 0 Å². The third kappa shape index (κ3) is 5.61. The van der Waals surface area contributed by atoms with E-state index in [4.69, 9.17) is 4.74 Å². The first-order chi connectivity index (χ1) is 9.34. The van der Waals surface area contributed by atoms with Crippen molar-refractivity contribution in [2.45, 2.75) is 45.7 Å². The zero-order valence-electron chi connectivity index (χ0n) is 13.1. The zero-order chi connectivity index (χ0) is 15.2. The van der Waals surface area contributed by atoms with Gasteiger partial charge in [-0.25, -0.2) is 0 Å². The number of amides is 1. The minimum atomic E-state index is -0.202. The number of methoxy groups -OCH3 is 1. The maximum atomic E-state index is 11.8. The zero-order valence-corrected chi connectivity index (χ0v) is 13.9. The summed E-state index contributed by atoms with van der Waals surface area (Å²) in [7, 11) is 1.62. The molecule has 1 unspecified atom stereocenters. The van der Waals surface area contributed by atoms with Gasteiger partial charge in [-0.05, 0) is 24.5 Å². The molecular weight excluding hydrogens is 272 g/mol. The smallest absolute Gasteiger partial charge is 0.236 e. The summed E-state index contributed by atoms with van der Waals surface area (Å²) in [5.74, 6) is 0.00894. The summed E-state index contributed by atoms with van der Waals surface area (Å²) < 4.78 is 4.90. The minimum Gasteiger partial charge on any atom is -0.383 e. The van der Waals surface area contributed by atoms with Crippen LogP contribution in [0.15, 0.2) is 12.1 Å². The predicted octanol–water partition coefficient (Wildman–Crippen LogP) is 2.29. The Balaban J connectivity index is 2.39. The van der Waals surface area contributed by atoms with Crippen molar-refractivity contribution in [3.63, 3.8) is 0 Å². The topological polar surface area (TPSA) is 50.4 Å². The molecule has 5 heteroatoms. The molecule has 0 radical (unpaired) electrons. The molecule has 0 aliphatic heterocycles. The molecule has 0 fully saturated rings. The third-order valence-electron chi connectivity index (χ3n) is 2.98. The lowest BCUT2D eigenvalue weighted by molar-refractivity contribution is -0.122. The van der Waals surface area contributed by atoms with Gasteiger partial charge in [-0.15, -0.1) is 11.3 Å². The molecule has 0 bridgehead atoms. The Labute approximate surface area is 125 Å². The summed E-state index contributed by atoms with van der Waals surface area (Å²) in [6, 6.07) is 4.10. The Kier molecular flexibility index (Phi) is 6.65. The van der Waals surface area contributed by atoms with Crippen molar-refractivity contribution in [1.29, 1.82) is 0 Å². The highest BCUT2D eigenvalue weighted by Crippen LogP contribution is 2.29. The Morgan fingerprint density at radius 2 is 2.10 bits per heavy atom. The van der Waals surface area contributed by atoms with E-state index in [1.54, 1.807) is 18.4 Å². The Bertz CT molecular complexity index is 424. The van der Waals surface area contributed by atoms with Crippen LogP contribution >= 0.6 is 11.3 Å². The lowest BCUT2D eigenvalue weighted by atomic mass is 9.95. The standard InChI is InChI=1S/C15H26N2O2S/c1-11(14(18)16-8-9-19-5)17-10-12-6-7-13(20-12)15(2,3)4/h6-7,11,17H,8-10H2,1-5H3,(H,16,18). The highest BCUT2D eigenvalue weighted by atomic mass is 32.1. The van der Waals surface area contributed by atoms with Gasteiger partial charge in [-0.1, -0.05) is 20.8 Å². The molecule has 0 aliphatic carbocycles. The first-order valence-corrected chi connectivity index (χ1v) is 7.75.